The molecule has 1 aliphatic heterocycles. The number of methoxy groups -OCH3 is 1. The summed E-state index contributed by atoms with van der Waals surface area (Å²) in [6.45, 7) is 6.77. The summed E-state index contributed by atoms with van der Waals surface area (Å²) in [5, 5.41) is 9.84. The van der Waals surface area contributed by atoms with Crippen molar-refractivity contribution in [3.05, 3.63) is 60.6 Å². The highest BCUT2D eigenvalue weighted by molar-refractivity contribution is 7.19. The monoisotopic (exact) mass is 651 g/mol. The fourth-order valence-corrected chi connectivity index (χ4v) is 6.37. The number of fused-ring (bicyclic) bond motifs is 1. The maximum Gasteiger partial charge on any atom is 0.416 e. The van der Waals surface area contributed by atoms with E-state index in [9.17, 15) is 32.8 Å². The zero-order valence-electron chi connectivity index (χ0n) is 25.8. The first kappa shape index (κ1) is 34.2. The van der Waals surface area contributed by atoms with Crippen molar-refractivity contribution >= 4 is 27.5 Å². The molecule has 14 heteroatoms. The molecule has 1 aliphatic rings. The van der Waals surface area contributed by atoms with Crippen LogP contribution >= 0.6 is 11.3 Å². The molecule has 0 N–H and O–H groups in total. The third kappa shape index (κ3) is 6.95. The number of nitrogens with zero attached hydrogens (tertiary/aromatic N) is 3. The SMILES string of the molecule is CCCCOC(=O)C(C)(C)n1c(=O)c2c(C)c(C#N)sc2n(CC(OC2CCOCC2)c2cc(C(F)(F)F)ccc2OC)c1=O. The van der Waals surface area contributed by atoms with Gasteiger partial charge in [-0.25, -0.2) is 14.2 Å². The van der Waals surface area contributed by atoms with Crippen molar-refractivity contribution in [1.82, 2.24) is 9.13 Å². The van der Waals surface area contributed by atoms with Gasteiger partial charge in [0.2, 0.25) is 0 Å². The van der Waals surface area contributed by atoms with Gasteiger partial charge in [0.1, 0.15) is 33.2 Å². The van der Waals surface area contributed by atoms with Gasteiger partial charge in [0.05, 0.1) is 37.3 Å². The maximum absolute atomic E-state index is 14.3. The molecule has 1 atom stereocenters. The number of alkyl halides is 3. The quantitative estimate of drug-likeness (QED) is 0.198. The number of carbonyl (C=O) groups is 1. The molecule has 3 aromatic rings. The van der Waals surface area contributed by atoms with Crippen LogP contribution in [0.15, 0.2) is 27.8 Å². The Morgan fingerprint density at radius 2 is 1.91 bits per heavy atom. The number of hydrogen-bond donors (Lipinski definition) is 0. The van der Waals surface area contributed by atoms with E-state index in [1.807, 2.05) is 13.0 Å². The van der Waals surface area contributed by atoms with Gasteiger partial charge in [-0.1, -0.05) is 13.3 Å². The number of carbonyl (C=O) groups excluding carboxylic acids is 1. The minimum atomic E-state index is -4.67. The third-order valence-electron chi connectivity index (χ3n) is 7.88. The number of nitriles is 1. The lowest BCUT2D eigenvalue weighted by molar-refractivity contribution is -0.153. The minimum Gasteiger partial charge on any atom is -0.496 e. The Bertz CT molecular complexity index is 1710. The number of thiophene rings is 1. The second kappa shape index (κ2) is 13.8. The molecule has 244 valence electrons. The number of halogens is 3. The summed E-state index contributed by atoms with van der Waals surface area (Å²) < 4.78 is 66.2. The molecule has 0 radical (unpaired) electrons. The van der Waals surface area contributed by atoms with Crippen molar-refractivity contribution in [1.29, 1.82) is 5.26 Å². The van der Waals surface area contributed by atoms with E-state index in [2.05, 4.69) is 0 Å². The average molecular weight is 652 g/mol. The van der Waals surface area contributed by atoms with E-state index in [0.717, 1.165) is 34.5 Å². The van der Waals surface area contributed by atoms with E-state index in [1.165, 1.54) is 31.6 Å². The number of esters is 1. The van der Waals surface area contributed by atoms with Gasteiger partial charge >= 0.3 is 17.8 Å². The van der Waals surface area contributed by atoms with Gasteiger partial charge in [-0.2, -0.15) is 18.4 Å². The largest absolute Gasteiger partial charge is 0.496 e. The molecular formula is C31H36F3N3O7S. The number of benzene rings is 1. The van der Waals surface area contributed by atoms with E-state index >= 15 is 0 Å². The minimum absolute atomic E-state index is 0.0450. The summed E-state index contributed by atoms with van der Waals surface area (Å²) in [5.41, 5.74) is -4.01. The van der Waals surface area contributed by atoms with Crippen LogP contribution in [0.25, 0.3) is 10.2 Å². The topological polar surface area (TPSA) is 122 Å². The van der Waals surface area contributed by atoms with Crippen LogP contribution in [0.2, 0.25) is 0 Å². The van der Waals surface area contributed by atoms with Crippen LogP contribution in [0.3, 0.4) is 0 Å². The van der Waals surface area contributed by atoms with Crippen molar-refractivity contribution < 1.29 is 36.9 Å². The van der Waals surface area contributed by atoms with Crippen molar-refractivity contribution in [2.45, 2.75) is 83.8 Å². The molecule has 4 rings (SSSR count). The molecule has 0 spiro atoms. The number of ether oxygens (including phenoxy) is 4. The Morgan fingerprint density at radius 3 is 2.51 bits per heavy atom. The first-order valence-corrected chi connectivity index (χ1v) is 15.4. The number of aromatic nitrogens is 2. The zero-order chi connectivity index (χ0) is 33.1. The third-order valence-corrected chi connectivity index (χ3v) is 9.10. The summed E-state index contributed by atoms with van der Waals surface area (Å²) >= 11 is 0.910. The average Bonchev–Trinajstić information content (AvgIpc) is 3.34. The Balaban J connectivity index is 1.97. The van der Waals surface area contributed by atoms with Crippen molar-refractivity contribution in [2.75, 3.05) is 26.9 Å². The fourth-order valence-electron chi connectivity index (χ4n) is 5.27. The van der Waals surface area contributed by atoms with Gasteiger partial charge in [0.15, 0.2) is 0 Å². The molecule has 1 saturated heterocycles. The van der Waals surface area contributed by atoms with Crippen LogP contribution < -0.4 is 16.0 Å². The standard InChI is InChI=1S/C31H36F3N3O7S/c1-6-7-12-43-28(39)30(3,4)37-26(38)25-18(2)24(16-35)45-27(25)36(29(37)40)17-23(44-20-10-13-42-14-11-20)21-15-19(31(32,33)34)8-9-22(21)41-5/h8-9,15,20,23H,6-7,10-14,17H2,1-5H3. The molecule has 1 fully saturated rings. The van der Waals surface area contributed by atoms with Crippen LogP contribution in [-0.4, -0.2) is 48.1 Å². The first-order valence-electron chi connectivity index (χ1n) is 14.6. The van der Waals surface area contributed by atoms with E-state index in [1.54, 1.807) is 6.92 Å². The van der Waals surface area contributed by atoms with Gasteiger partial charge in [-0.3, -0.25) is 9.36 Å². The van der Waals surface area contributed by atoms with Crippen LogP contribution in [0, 0.1) is 18.3 Å². The summed E-state index contributed by atoms with van der Waals surface area (Å²) in [4.78, 5) is 41.7. The number of rotatable bonds is 11. The van der Waals surface area contributed by atoms with E-state index < -0.39 is 46.7 Å². The highest BCUT2D eigenvalue weighted by atomic mass is 32.1. The van der Waals surface area contributed by atoms with Gasteiger partial charge in [-0.05, 0) is 63.8 Å². The van der Waals surface area contributed by atoms with Gasteiger partial charge in [0, 0.05) is 18.8 Å². The number of aryl methyl sites for hydroxylation is 1. The molecule has 0 bridgehead atoms. The Hall–Kier alpha value is -3.67. The fraction of sp³-hybridized carbons (Fsp3) is 0.548. The second-order valence-corrected chi connectivity index (χ2v) is 12.3. The summed E-state index contributed by atoms with van der Waals surface area (Å²) in [7, 11) is 1.32. The lowest BCUT2D eigenvalue weighted by atomic mass is 10.0. The molecule has 10 nitrogen and oxygen atoms in total. The van der Waals surface area contributed by atoms with Gasteiger partial charge < -0.3 is 18.9 Å². The van der Waals surface area contributed by atoms with E-state index in [4.69, 9.17) is 18.9 Å². The number of unbranched alkanes of at least 4 members (excludes halogenated alkanes) is 1. The molecule has 1 unspecified atom stereocenters. The van der Waals surface area contributed by atoms with Crippen LogP contribution in [-0.2, 0) is 37.3 Å². The van der Waals surface area contributed by atoms with Crippen LogP contribution in [0.1, 0.15) is 74.1 Å². The molecule has 3 heterocycles. The predicted molar refractivity (Wildman–Crippen MR) is 161 cm³/mol. The highest BCUT2D eigenvalue weighted by Gasteiger charge is 2.38. The molecule has 2 aromatic heterocycles. The molecule has 0 saturated carbocycles. The molecule has 0 amide bonds. The molecule has 1 aromatic carbocycles. The summed E-state index contributed by atoms with van der Waals surface area (Å²) in [5.74, 6) is -0.693. The zero-order valence-corrected chi connectivity index (χ0v) is 26.6. The van der Waals surface area contributed by atoms with Crippen LogP contribution in [0.5, 0.6) is 5.75 Å². The predicted octanol–water partition coefficient (Wildman–Crippen LogP) is 5.45. The highest BCUT2D eigenvalue weighted by Crippen LogP contribution is 2.38. The Labute approximate surface area is 261 Å². The van der Waals surface area contributed by atoms with Gasteiger partial charge in [-0.15, -0.1) is 11.3 Å². The smallest absolute Gasteiger partial charge is 0.416 e. The Kier molecular flexibility index (Phi) is 10.5. The van der Waals surface area contributed by atoms with Crippen molar-refractivity contribution in [3.8, 4) is 11.8 Å². The molecule has 0 aliphatic carbocycles. The first-order chi connectivity index (χ1) is 21.3. The summed E-state index contributed by atoms with van der Waals surface area (Å²) in [6.07, 6.45) is -3.97. The second-order valence-electron chi connectivity index (χ2n) is 11.3. The van der Waals surface area contributed by atoms with Crippen molar-refractivity contribution in [2.24, 2.45) is 0 Å². The Morgan fingerprint density at radius 1 is 1.22 bits per heavy atom. The van der Waals surface area contributed by atoms with Crippen LogP contribution in [0.4, 0.5) is 13.2 Å². The molecule has 45 heavy (non-hydrogen) atoms. The van der Waals surface area contributed by atoms with E-state index in [-0.39, 0.29) is 39.6 Å². The van der Waals surface area contributed by atoms with Gasteiger partial charge in [0.25, 0.3) is 5.56 Å². The number of hydrogen-bond acceptors (Lipinski definition) is 9. The summed E-state index contributed by atoms with van der Waals surface area (Å²) in [6, 6.07) is 5.05. The lowest BCUT2D eigenvalue weighted by Crippen LogP contribution is -2.53. The lowest BCUT2D eigenvalue weighted by Gasteiger charge is -2.30. The van der Waals surface area contributed by atoms with Crippen molar-refractivity contribution in [3.63, 3.8) is 0 Å². The normalized spacial score (nSPS) is 15.2. The maximum atomic E-state index is 14.3. The van der Waals surface area contributed by atoms with E-state index in [0.29, 0.717) is 38.0 Å². The molecular weight excluding hydrogens is 615 g/mol.